The largest absolute Gasteiger partial charge is 0.399 e. The average molecular weight is 273 g/mol. The van der Waals surface area contributed by atoms with Gasteiger partial charge in [0, 0.05) is 11.3 Å². The van der Waals surface area contributed by atoms with Gasteiger partial charge in [-0.05, 0) is 25.1 Å². The minimum atomic E-state index is -2.96. The molecule has 2 atom stereocenters. The predicted octanol–water partition coefficient (Wildman–Crippen LogP) is 1.64. The summed E-state index contributed by atoms with van der Waals surface area (Å²) >= 11 is 0. The molecular formula is C12H14F3N3O. The first kappa shape index (κ1) is 13.7. The number of anilines is 1. The summed E-state index contributed by atoms with van der Waals surface area (Å²) in [6.45, 7) is 1.14. The molecule has 0 saturated heterocycles. The van der Waals surface area contributed by atoms with Crippen molar-refractivity contribution in [2.24, 2.45) is 10.7 Å². The maximum atomic E-state index is 13.8. The van der Waals surface area contributed by atoms with Crippen LogP contribution in [-0.4, -0.2) is 25.0 Å². The summed E-state index contributed by atoms with van der Waals surface area (Å²) in [7, 11) is 0. The van der Waals surface area contributed by atoms with Crippen LogP contribution in [0.3, 0.4) is 0 Å². The van der Waals surface area contributed by atoms with E-state index in [9.17, 15) is 13.2 Å². The lowest BCUT2D eigenvalue weighted by atomic mass is 9.89. The van der Waals surface area contributed by atoms with Gasteiger partial charge in [0.1, 0.15) is 17.8 Å². The summed E-state index contributed by atoms with van der Waals surface area (Å²) in [4.78, 5) is 3.79. The van der Waals surface area contributed by atoms with Gasteiger partial charge >= 0.3 is 0 Å². The summed E-state index contributed by atoms with van der Waals surface area (Å²) in [5, 5.41) is 0. The molecule has 7 heteroatoms. The Morgan fingerprint density at radius 2 is 2.11 bits per heavy atom. The number of nitrogens with zero attached hydrogens (tertiary/aromatic N) is 1. The molecular weight excluding hydrogens is 259 g/mol. The van der Waals surface area contributed by atoms with E-state index in [4.69, 9.17) is 16.2 Å². The van der Waals surface area contributed by atoms with Crippen molar-refractivity contribution in [1.29, 1.82) is 0 Å². The first-order valence-electron chi connectivity index (χ1n) is 5.67. The molecule has 4 nitrogen and oxygen atoms in total. The quantitative estimate of drug-likeness (QED) is 0.804. The summed E-state index contributed by atoms with van der Waals surface area (Å²) < 4.78 is 45.8. The number of hydrogen-bond acceptors (Lipinski definition) is 4. The third-order valence-corrected chi connectivity index (χ3v) is 3.12. The molecule has 0 amide bonds. The second-order valence-corrected chi connectivity index (χ2v) is 4.45. The Hall–Kier alpha value is -1.76. The topological polar surface area (TPSA) is 73.6 Å². The van der Waals surface area contributed by atoms with Crippen LogP contribution in [0.1, 0.15) is 12.5 Å². The van der Waals surface area contributed by atoms with Gasteiger partial charge in [0.25, 0.3) is 6.43 Å². The van der Waals surface area contributed by atoms with E-state index < -0.39 is 30.5 Å². The normalized spacial score (nSPS) is 27.4. The number of amidine groups is 1. The highest BCUT2D eigenvalue weighted by Gasteiger charge is 2.47. The number of ether oxygens (including phenoxy) is 1. The van der Waals surface area contributed by atoms with E-state index in [1.54, 1.807) is 6.92 Å². The molecule has 0 spiro atoms. The maximum Gasteiger partial charge on any atom is 0.269 e. The fourth-order valence-corrected chi connectivity index (χ4v) is 1.93. The number of nitrogens with two attached hydrogens (primary N) is 2. The first-order chi connectivity index (χ1) is 8.86. The number of aliphatic imine (C=N–C) groups is 1. The highest BCUT2D eigenvalue weighted by atomic mass is 19.3. The van der Waals surface area contributed by atoms with Crippen molar-refractivity contribution in [3.8, 4) is 0 Å². The van der Waals surface area contributed by atoms with Crippen molar-refractivity contribution in [3.63, 3.8) is 0 Å². The van der Waals surface area contributed by atoms with E-state index in [1.807, 2.05) is 0 Å². The van der Waals surface area contributed by atoms with Crippen molar-refractivity contribution in [2.45, 2.75) is 25.0 Å². The van der Waals surface area contributed by atoms with Crippen LogP contribution in [-0.2, 0) is 10.3 Å². The fourth-order valence-electron chi connectivity index (χ4n) is 1.93. The molecule has 104 valence electrons. The molecule has 19 heavy (non-hydrogen) atoms. The van der Waals surface area contributed by atoms with Gasteiger partial charge in [-0.25, -0.2) is 13.2 Å². The summed E-state index contributed by atoms with van der Waals surface area (Å²) in [5.41, 5.74) is 8.80. The Morgan fingerprint density at radius 3 is 2.68 bits per heavy atom. The van der Waals surface area contributed by atoms with E-state index in [0.29, 0.717) is 0 Å². The molecule has 0 saturated carbocycles. The molecule has 0 unspecified atom stereocenters. The number of halogens is 3. The Balaban J connectivity index is 2.61. The van der Waals surface area contributed by atoms with Crippen LogP contribution in [0.2, 0.25) is 0 Å². The zero-order valence-corrected chi connectivity index (χ0v) is 10.2. The van der Waals surface area contributed by atoms with Crippen molar-refractivity contribution < 1.29 is 17.9 Å². The van der Waals surface area contributed by atoms with Crippen LogP contribution in [0.5, 0.6) is 0 Å². The highest BCUT2D eigenvalue weighted by Crippen LogP contribution is 2.38. The van der Waals surface area contributed by atoms with Gasteiger partial charge in [0.05, 0.1) is 6.61 Å². The van der Waals surface area contributed by atoms with Gasteiger partial charge in [0.2, 0.25) is 0 Å². The van der Waals surface area contributed by atoms with Crippen LogP contribution in [0.4, 0.5) is 18.9 Å². The molecule has 1 aromatic carbocycles. The van der Waals surface area contributed by atoms with E-state index >= 15 is 0 Å². The number of alkyl halides is 2. The van der Waals surface area contributed by atoms with Crippen molar-refractivity contribution in [3.05, 3.63) is 29.6 Å². The Kier molecular flexibility index (Phi) is 3.40. The summed E-state index contributed by atoms with van der Waals surface area (Å²) in [5.74, 6) is -0.905. The number of hydrogen-bond donors (Lipinski definition) is 2. The molecule has 0 aromatic heterocycles. The smallest absolute Gasteiger partial charge is 0.269 e. The molecule has 0 aliphatic carbocycles. The van der Waals surface area contributed by atoms with Crippen LogP contribution in [0.15, 0.2) is 23.2 Å². The molecule has 1 aliphatic rings. The number of nitrogen functional groups attached to an aromatic ring is 1. The minimum absolute atomic E-state index is 0.0895. The van der Waals surface area contributed by atoms with Gasteiger partial charge in [-0.3, -0.25) is 4.99 Å². The standard InChI is InChI=1S/C12H14F3N3O/c1-6-10(17)18-12(5-19-6,11(14)15)8-4-7(16)2-3-9(8)13/h2-4,6,11H,5,16H2,1H3,(H2,17,18)/t6-,12-/m0/s1. The predicted molar refractivity (Wildman–Crippen MR) is 65.5 cm³/mol. The zero-order chi connectivity index (χ0) is 14.2. The number of benzene rings is 1. The monoisotopic (exact) mass is 273 g/mol. The number of rotatable bonds is 2. The van der Waals surface area contributed by atoms with Gasteiger partial charge in [-0.1, -0.05) is 0 Å². The molecule has 4 N–H and O–H groups in total. The molecule has 0 radical (unpaired) electrons. The summed E-state index contributed by atoms with van der Waals surface area (Å²) in [6, 6.07) is 3.45. The van der Waals surface area contributed by atoms with Crippen molar-refractivity contribution in [2.75, 3.05) is 12.3 Å². The summed E-state index contributed by atoms with van der Waals surface area (Å²) in [6.07, 6.45) is -3.54. The Bertz CT molecular complexity index is 521. The van der Waals surface area contributed by atoms with E-state index in [-0.39, 0.29) is 17.1 Å². The zero-order valence-electron chi connectivity index (χ0n) is 10.2. The minimum Gasteiger partial charge on any atom is -0.399 e. The lowest BCUT2D eigenvalue weighted by Gasteiger charge is -2.35. The van der Waals surface area contributed by atoms with Crippen molar-refractivity contribution in [1.82, 2.24) is 0 Å². The Labute approximate surface area is 108 Å². The second-order valence-electron chi connectivity index (χ2n) is 4.45. The van der Waals surface area contributed by atoms with E-state index in [2.05, 4.69) is 4.99 Å². The lowest BCUT2D eigenvalue weighted by molar-refractivity contribution is -0.0340. The second kappa shape index (κ2) is 4.73. The SMILES string of the molecule is C[C@@H]1OC[C@](c2cc(N)ccc2F)(C(F)F)N=C1N. The van der Waals surface area contributed by atoms with Crippen LogP contribution in [0.25, 0.3) is 0 Å². The fraction of sp³-hybridized carbons (Fsp3) is 0.417. The molecule has 0 fully saturated rings. The Morgan fingerprint density at radius 1 is 1.42 bits per heavy atom. The molecule has 1 aliphatic heterocycles. The van der Waals surface area contributed by atoms with Crippen molar-refractivity contribution >= 4 is 11.5 Å². The van der Waals surface area contributed by atoms with Gasteiger partial charge < -0.3 is 16.2 Å². The maximum absolute atomic E-state index is 13.8. The van der Waals surface area contributed by atoms with Gasteiger partial charge in [-0.2, -0.15) is 0 Å². The van der Waals surface area contributed by atoms with Gasteiger partial charge in [-0.15, -0.1) is 0 Å². The first-order valence-corrected chi connectivity index (χ1v) is 5.67. The van der Waals surface area contributed by atoms with Crippen LogP contribution in [0, 0.1) is 5.82 Å². The van der Waals surface area contributed by atoms with Crippen LogP contribution < -0.4 is 11.5 Å². The van der Waals surface area contributed by atoms with Crippen LogP contribution >= 0.6 is 0 Å². The van der Waals surface area contributed by atoms with E-state index in [0.717, 1.165) is 12.1 Å². The van der Waals surface area contributed by atoms with Gasteiger partial charge in [0.15, 0.2) is 5.54 Å². The van der Waals surface area contributed by atoms with E-state index in [1.165, 1.54) is 6.07 Å². The lowest BCUT2D eigenvalue weighted by Crippen LogP contribution is -2.48. The molecule has 2 rings (SSSR count). The molecule has 0 bridgehead atoms. The third kappa shape index (κ3) is 2.25. The highest BCUT2D eigenvalue weighted by molar-refractivity contribution is 5.85. The average Bonchev–Trinajstić information content (AvgIpc) is 2.35. The molecule has 1 aromatic rings. The molecule has 1 heterocycles. The third-order valence-electron chi connectivity index (χ3n) is 3.12.